The Morgan fingerprint density at radius 2 is 1.92 bits per heavy atom. The maximum Gasteiger partial charge on any atom is 0.251 e. The standard InChI is InChI=1S/C18H28N2O4S/c1-13-5-8-20(9-6-13)25(22,23)17-12-16(11-14(2)15(17)3)18(21)19-7-10-24-4/h11-13H,5-10H2,1-4H3,(H,19,21). The summed E-state index contributed by atoms with van der Waals surface area (Å²) in [4.78, 5) is 12.5. The molecule has 0 radical (unpaired) electrons. The molecule has 1 saturated heterocycles. The van der Waals surface area contributed by atoms with E-state index >= 15 is 0 Å². The van der Waals surface area contributed by atoms with Crippen molar-refractivity contribution in [3.05, 3.63) is 28.8 Å². The van der Waals surface area contributed by atoms with Crippen LogP contribution in [-0.4, -0.2) is 52.0 Å². The van der Waals surface area contributed by atoms with Crippen LogP contribution in [0.4, 0.5) is 0 Å². The second-order valence-corrected chi connectivity index (χ2v) is 8.66. The maximum atomic E-state index is 13.1. The lowest BCUT2D eigenvalue weighted by molar-refractivity contribution is 0.0937. The zero-order valence-electron chi connectivity index (χ0n) is 15.5. The number of amides is 1. The molecule has 1 heterocycles. The molecule has 0 aliphatic carbocycles. The lowest BCUT2D eigenvalue weighted by Gasteiger charge is -2.30. The SMILES string of the molecule is COCCNC(=O)c1cc(C)c(C)c(S(=O)(=O)N2CCC(C)CC2)c1. The third kappa shape index (κ3) is 4.59. The number of nitrogens with zero attached hydrogens (tertiary/aromatic N) is 1. The smallest absolute Gasteiger partial charge is 0.251 e. The van der Waals surface area contributed by atoms with Crippen LogP contribution in [0.25, 0.3) is 0 Å². The van der Waals surface area contributed by atoms with Crippen LogP contribution in [0.2, 0.25) is 0 Å². The van der Waals surface area contributed by atoms with E-state index < -0.39 is 10.0 Å². The Morgan fingerprint density at radius 1 is 1.28 bits per heavy atom. The van der Waals surface area contributed by atoms with E-state index in [1.165, 1.54) is 6.07 Å². The van der Waals surface area contributed by atoms with Gasteiger partial charge in [-0.1, -0.05) is 6.92 Å². The predicted molar refractivity (Wildman–Crippen MR) is 97.3 cm³/mol. The zero-order chi connectivity index (χ0) is 18.6. The third-order valence-electron chi connectivity index (χ3n) is 4.83. The van der Waals surface area contributed by atoms with Crippen molar-refractivity contribution in [2.24, 2.45) is 5.92 Å². The maximum absolute atomic E-state index is 13.1. The summed E-state index contributed by atoms with van der Waals surface area (Å²) < 4.78 is 32.6. The number of hydrogen-bond donors (Lipinski definition) is 1. The van der Waals surface area contributed by atoms with Gasteiger partial charge in [-0.05, 0) is 55.9 Å². The number of ether oxygens (including phenoxy) is 1. The van der Waals surface area contributed by atoms with Crippen LogP contribution in [0, 0.1) is 19.8 Å². The average molecular weight is 368 g/mol. The molecule has 1 aliphatic heterocycles. The quantitative estimate of drug-likeness (QED) is 0.780. The molecule has 0 bridgehead atoms. The van der Waals surface area contributed by atoms with E-state index in [1.54, 1.807) is 24.4 Å². The fraction of sp³-hybridized carbons (Fsp3) is 0.611. The van der Waals surface area contributed by atoms with Gasteiger partial charge < -0.3 is 10.1 Å². The van der Waals surface area contributed by atoms with Gasteiger partial charge in [0.05, 0.1) is 11.5 Å². The van der Waals surface area contributed by atoms with Gasteiger partial charge in [-0.15, -0.1) is 0 Å². The second kappa shape index (κ2) is 8.29. The van der Waals surface area contributed by atoms with Crippen LogP contribution in [0.5, 0.6) is 0 Å². The summed E-state index contributed by atoms with van der Waals surface area (Å²) in [5, 5.41) is 2.74. The van der Waals surface area contributed by atoms with Crippen LogP contribution in [0.15, 0.2) is 17.0 Å². The Balaban J connectivity index is 2.32. The fourth-order valence-electron chi connectivity index (χ4n) is 2.96. The van der Waals surface area contributed by atoms with E-state index in [-0.39, 0.29) is 10.8 Å². The Hall–Kier alpha value is -1.44. The van der Waals surface area contributed by atoms with Crippen LogP contribution >= 0.6 is 0 Å². The molecular weight excluding hydrogens is 340 g/mol. The van der Waals surface area contributed by atoms with Gasteiger partial charge in [0.1, 0.15) is 0 Å². The Labute approximate surface area is 150 Å². The van der Waals surface area contributed by atoms with E-state index in [0.717, 1.165) is 18.4 Å². The molecule has 1 aliphatic rings. The molecule has 0 unspecified atom stereocenters. The van der Waals surface area contributed by atoms with Crippen molar-refractivity contribution in [2.45, 2.75) is 38.5 Å². The van der Waals surface area contributed by atoms with Gasteiger partial charge in [-0.25, -0.2) is 8.42 Å². The minimum atomic E-state index is -3.59. The first kappa shape index (κ1) is 19.9. The Morgan fingerprint density at radius 3 is 2.52 bits per heavy atom. The number of benzene rings is 1. The Kier molecular flexibility index (Phi) is 6.59. The van der Waals surface area contributed by atoms with Crippen molar-refractivity contribution in [2.75, 3.05) is 33.4 Å². The van der Waals surface area contributed by atoms with Gasteiger partial charge in [0.25, 0.3) is 5.91 Å². The number of piperidine rings is 1. The van der Waals surface area contributed by atoms with Crippen LogP contribution in [-0.2, 0) is 14.8 Å². The minimum Gasteiger partial charge on any atom is -0.383 e. The van der Waals surface area contributed by atoms with Gasteiger partial charge >= 0.3 is 0 Å². The van der Waals surface area contributed by atoms with Crippen molar-refractivity contribution < 1.29 is 17.9 Å². The molecule has 0 saturated carbocycles. The number of aryl methyl sites for hydroxylation is 1. The fourth-order valence-corrected chi connectivity index (χ4v) is 4.75. The van der Waals surface area contributed by atoms with E-state index in [4.69, 9.17) is 4.74 Å². The number of rotatable bonds is 6. The topological polar surface area (TPSA) is 75.7 Å². The minimum absolute atomic E-state index is 0.235. The molecule has 6 nitrogen and oxygen atoms in total. The van der Waals surface area contributed by atoms with Crippen molar-refractivity contribution in [3.8, 4) is 0 Å². The van der Waals surface area contributed by atoms with Gasteiger partial charge in [0.15, 0.2) is 0 Å². The number of sulfonamides is 1. The van der Waals surface area contributed by atoms with E-state index in [1.807, 2.05) is 6.92 Å². The first-order valence-corrected chi connectivity index (χ1v) is 10.1. The lowest BCUT2D eigenvalue weighted by atomic mass is 10.0. The lowest BCUT2D eigenvalue weighted by Crippen LogP contribution is -2.38. The molecule has 1 fully saturated rings. The van der Waals surface area contributed by atoms with Gasteiger partial charge in [0.2, 0.25) is 10.0 Å². The summed E-state index contributed by atoms with van der Waals surface area (Å²) in [6.45, 7) is 7.63. The molecule has 1 amide bonds. The monoisotopic (exact) mass is 368 g/mol. The van der Waals surface area contributed by atoms with E-state index in [2.05, 4.69) is 12.2 Å². The highest BCUT2D eigenvalue weighted by atomic mass is 32.2. The second-order valence-electron chi connectivity index (χ2n) is 6.75. The molecular formula is C18H28N2O4S. The summed E-state index contributed by atoms with van der Waals surface area (Å²) >= 11 is 0. The molecule has 0 atom stereocenters. The highest BCUT2D eigenvalue weighted by Gasteiger charge is 2.30. The third-order valence-corrected chi connectivity index (χ3v) is 6.86. The van der Waals surface area contributed by atoms with Crippen LogP contribution in [0.1, 0.15) is 41.3 Å². The number of hydrogen-bond acceptors (Lipinski definition) is 4. The number of nitrogens with one attached hydrogen (secondary N) is 1. The van der Waals surface area contributed by atoms with E-state index in [0.29, 0.717) is 43.3 Å². The highest BCUT2D eigenvalue weighted by Crippen LogP contribution is 2.28. The molecule has 25 heavy (non-hydrogen) atoms. The number of methoxy groups -OCH3 is 1. The normalized spacial score (nSPS) is 16.8. The Bertz CT molecular complexity index is 723. The molecule has 1 aromatic rings. The van der Waals surface area contributed by atoms with Crippen molar-refractivity contribution in [1.82, 2.24) is 9.62 Å². The molecule has 1 aromatic carbocycles. The highest BCUT2D eigenvalue weighted by molar-refractivity contribution is 7.89. The predicted octanol–water partition coefficient (Wildman–Crippen LogP) is 2.10. The number of carbonyl (C=O) groups is 1. The van der Waals surface area contributed by atoms with Crippen LogP contribution < -0.4 is 5.32 Å². The van der Waals surface area contributed by atoms with Crippen molar-refractivity contribution in [3.63, 3.8) is 0 Å². The summed E-state index contributed by atoms with van der Waals surface area (Å²) in [5.74, 6) is 0.260. The van der Waals surface area contributed by atoms with Gasteiger partial charge in [-0.3, -0.25) is 4.79 Å². The molecule has 2 rings (SSSR count). The summed E-state index contributed by atoms with van der Waals surface area (Å²) in [6.07, 6.45) is 1.74. The first-order chi connectivity index (χ1) is 11.8. The number of carbonyl (C=O) groups excluding carboxylic acids is 1. The molecule has 140 valence electrons. The summed E-state index contributed by atoms with van der Waals surface area (Å²) in [5.41, 5.74) is 1.86. The average Bonchev–Trinajstić information content (AvgIpc) is 2.57. The largest absolute Gasteiger partial charge is 0.383 e. The molecule has 0 spiro atoms. The zero-order valence-corrected chi connectivity index (χ0v) is 16.3. The summed E-state index contributed by atoms with van der Waals surface area (Å²) in [7, 11) is -2.03. The first-order valence-electron chi connectivity index (χ1n) is 8.66. The summed E-state index contributed by atoms with van der Waals surface area (Å²) in [6, 6.07) is 3.23. The van der Waals surface area contributed by atoms with Gasteiger partial charge in [0, 0.05) is 32.3 Å². The molecule has 7 heteroatoms. The van der Waals surface area contributed by atoms with Crippen molar-refractivity contribution in [1.29, 1.82) is 0 Å². The molecule has 0 aromatic heterocycles. The van der Waals surface area contributed by atoms with Gasteiger partial charge in [-0.2, -0.15) is 4.31 Å². The molecule has 1 N–H and O–H groups in total. The van der Waals surface area contributed by atoms with Crippen LogP contribution in [0.3, 0.4) is 0 Å². The van der Waals surface area contributed by atoms with E-state index in [9.17, 15) is 13.2 Å². The van der Waals surface area contributed by atoms with Crippen molar-refractivity contribution >= 4 is 15.9 Å².